The highest BCUT2D eigenvalue weighted by molar-refractivity contribution is 4.92. The molecule has 2 fully saturated rings. The van der Waals surface area contributed by atoms with Crippen molar-refractivity contribution in [2.24, 2.45) is 23.7 Å². The second-order valence-electron chi connectivity index (χ2n) is 6.88. The van der Waals surface area contributed by atoms with Crippen molar-refractivity contribution in [2.75, 3.05) is 13.2 Å². The van der Waals surface area contributed by atoms with E-state index in [1.807, 2.05) is 0 Å². The van der Waals surface area contributed by atoms with E-state index in [1.165, 1.54) is 32.1 Å². The molecule has 2 nitrogen and oxygen atoms in total. The van der Waals surface area contributed by atoms with E-state index in [9.17, 15) is 0 Å². The van der Waals surface area contributed by atoms with Gasteiger partial charge in [0.15, 0.2) is 0 Å². The standard InChI is InChI=1S/C17H33NO/c1-5-16-15(9-10-19-16)17(18-6-2)14-8-7-12(3)13(4)11-14/h12-18H,5-11H2,1-4H3. The van der Waals surface area contributed by atoms with Crippen LogP contribution in [0.15, 0.2) is 0 Å². The van der Waals surface area contributed by atoms with Gasteiger partial charge >= 0.3 is 0 Å². The molecule has 1 heterocycles. The monoisotopic (exact) mass is 267 g/mol. The lowest BCUT2D eigenvalue weighted by Crippen LogP contribution is -2.47. The molecule has 0 aromatic rings. The van der Waals surface area contributed by atoms with Gasteiger partial charge in [-0.25, -0.2) is 0 Å². The second-order valence-corrected chi connectivity index (χ2v) is 6.88. The lowest BCUT2D eigenvalue weighted by atomic mass is 9.69. The first-order valence-electron chi connectivity index (χ1n) is 8.52. The van der Waals surface area contributed by atoms with E-state index in [0.29, 0.717) is 12.1 Å². The van der Waals surface area contributed by atoms with Gasteiger partial charge in [0, 0.05) is 18.6 Å². The molecule has 1 N–H and O–H groups in total. The highest BCUT2D eigenvalue weighted by atomic mass is 16.5. The molecule has 112 valence electrons. The summed E-state index contributed by atoms with van der Waals surface area (Å²) < 4.78 is 5.94. The largest absolute Gasteiger partial charge is 0.378 e. The quantitative estimate of drug-likeness (QED) is 0.817. The fourth-order valence-corrected chi connectivity index (χ4v) is 4.32. The van der Waals surface area contributed by atoms with Gasteiger partial charge in [-0.05, 0) is 50.0 Å². The topological polar surface area (TPSA) is 21.3 Å². The maximum atomic E-state index is 5.94. The molecule has 6 atom stereocenters. The summed E-state index contributed by atoms with van der Waals surface area (Å²) in [7, 11) is 0. The number of hydrogen-bond donors (Lipinski definition) is 1. The SMILES string of the molecule is CCNC(C1CCC(C)C(C)C1)C1CCOC1CC. The molecule has 2 heteroatoms. The molecule has 0 bridgehead atoms. The summed E-state index contributed by atoms with van der Waals surface area (Å²) in [6.07, 6.45) is 7.17. The van der Waals surface area contributed by atoms with Gasteiger partial charge in [-0.2, -0.15) is 0 Å². The van der Waals surface area contributed by atoms with E-state index in [1.54, 1.807) is 0 Å². The zero-order valence-corrected chi connectivity index (χ0v) is 13.3. The Bertz CT molecular complexity index is 268. The predicted molar refractivity (Wildman–Crippen MR) is 81.3 cm³/mol. The predicted octanol–water partition coefficient (Wildman–Crippen LogP) is 3.85. The van der Waals surface area contributed by atoms with Crippen LogP contribution in [-0.4, -0.2) is 25.3 Å². The van der Waals surface area contributed by atoms with Gasteiger partial charge in [-0.1, -0.05) is 34.1 Å². The second kappa shape index (κ2) is 7.08. The first-order valence-corrected chi connectivity index (χ1v) is 8.52. The molecule has 1 aliphatic carbocycles. The van der Waals surface area contributed by atoms with Crippen molar-refractivity contribution in [1.82, 2.24) is 5.32 Å². The Hall–Kier alpha value is -0.0800. The maximum absolute atomic E-state index is 5.94. The zero-order chi connectivity index (χ0) is 13.8. The van der Waals surface area contributed by atoms with Gasteiger partial charge in [0.1, 0.15) is 0 Å². The van der Waals surface area contributed by atoms with Gasteiger partial charge in [0.25, 0.3) is 0 Å². The summed E-state index contributed by atoms with van der Waals surface area (Å²) in [6, 6.07) is 0.687. The van der Waals surface area contributed by atoms with Crippen LogP contribution >= 0.6 is 0 Å². The van der Waals surface area contributed by atoms with Crippen molar-refractivity contribution in [3.8, 4) is 0 Å². The molecule has 0 amide bonds. The average Bonchev–Trinajstić information content (AvgIpc) is 2.87. The minimum absolute atomic E-state index is 0.499. The fraction of sp³-hybridized carbons (Fsp3) is 1.00. The highest BCUT2D eigenvalue weighted by Gasteiger charge is 2.39. The normalized spacial score (nSPS) is 41.4. The molecular formula is C17H33NO. The average molecular weight is 267 g/mol. The Labute approximate surface area is 119 Å². The van der Waals surface area contributed by atoms with E-state index in [-0.39, 0.29) is 0 Å². The van der Waals surface area contributed by atoms with Crippen LogP contribution in [0.25, 0.3) is 0 Å². The summed E-state index contributed by atoms with van der Waals surface area (Å²) >= 11 is 0. The molecule has 1 saturated carbocycles. The van der Waals surface area contributed by atoms with Crippen LogP contribution in [0.5, 0.6) is 0 Å². The van der Waals surface area contributed by atoms with Crippen LogP contribution in [0.1, 0.15) is 59.8 Å². The highest BCUT2D eigenvalue weighted by Crippen LogP contribution is 2.39. The van der Waals surface area contributed by atoms with Gasteiger partial charge in [-0.3, -0.25) is 0 Å². The Morgan fingerprint density at radius 1 is 1.11 bits per heavy atom. The number of rotatable bonds is 5. The number of hydrogen-bond acceptors (Lipinski definition) is 2. The zero-order valence-electron chi connectivity index (χ0n) is 13.3. The Morgan fingerprint density at radius 3 is 2.53 bits per heavy atom. The van der Waals surface area contributed by atoms with Crippen LogP contribution in [0.2, 0.25) is 0 Å². The maximum Gasteiger partial charge on any atom is 0.0616 e. The third kappa shape index (κ3) is 3.52. The minimum atomic E-state index is 0.499. The Morgan fingerprint density at radius 2 is 1.89 bits per heavy atom. The minimum Gasteiger partial charge on any atom is -0.378 e. The van der Waals surface area contributed by atoms with E-state index < -0.39 is 0 Å². The van der Waals surface area contributed by atoms with Gasteiger partial charge in [0.05, 0.1) is 6.10 Å². The number of ether oxygens (including phenoxy) is 1. The summed E-state index contributed by atoms with van der Waals surface area (Å²) in [5.74, 6) is 3.42. The first-order chi connectivity index (χ1) is 9.17. The molecule has 0 aromatic heterocycles. The molecule has 1 saturated heterocycles. The fourth-order valence-electron chi connectivity index (χ4n) is 4.32. The van der Waals surface area contributed by atoms with Crippen LogP contribution in [0.3, 0.4) is 0 Å². The molecule has 0 spiro atoms. The van der Waals surface area contributed by atoms with Crippen molar-refractivity contribution in [2.45, 2.75) is 71.9 Å². The van der Waals surface area contributed by atoms with Gasteiger partial charge in [-0.15, -0.1) is 0 Å². The van der Waals surface area contributed by atoms with Crippen molar-refractivity contribution in [3.05, 3.63) is 0 Å². The van der Waals surface area contributed by atoms with Crippen LogP contribution < -0.4 is 5.32 Å². The van der Waals surface area contributed by atoms with Crippen molar-refractivity contribution in [1.29, 1.82) is 0 Å². The van der Waals surface area contributed by atoms with Crippen molar-refractivity contribution >= 4 is 0 Å². The summed E-state index contributed by atoms with van der Waals surface area (Å²) in [6.45, 7) is 11.5. The van der Waals surface area contributed by atoms with Gasteiger partial charge < -0.3 is 10.1 Å². The number of nitrogens with one attached hydrogen (secondary N) is 1. The molecule has 2 rings (SSSR count). The van der Waals surface area contributed by atoms with Crippen molar-refractivity contribution < 1.29 is 4.74 Å². The molecule has 1 aliphatic heterocycles. The van der Waals surface area contributed by atoms with E-state index in [4.69, 9.17) is 4.74 Å². The molecule has 19 heavy (non-hydrogen) atoms. The van der Waals surface area contributed by atoms with Gasteiger partial charge in [0.2, 0.25) is 0 Å². The van der Waals surface area contributed by atoms with E-state index in [0.717, 1.165) is 36.8 Å². The first kappa shape index (κ1) is 15.3. The molecule has 0 aromatic carbocycles. The molecule has 6 unspecified atom stereocenters. The molecular weight excluding hydrogens is 234 g/mol. The Balaban J connectivity index is 2.02. The summed E-state index contributed by atoms with van der Waals surface area (Å²) in [4.78, 5) is 0. The third-order valence-corrected chi connectivity index (χ3v) is 5.71. The summed E-state index contributed by atoms with van der Waals surface area (Å²) in [5, 5.41) is 3.81. The third-order valence-electron chi connectivity index (χ3n) is 5.71. The van der Waals surface area contributed by atoms with E-state index >= 15 is 0 Å². The smallest absolute Gasteiger partial charge is 0.0616 e. The summed E-state index contributed by atoms with van der Waals surface area (Å²) in [5.41, 5.74) is 0. The van der Waals surface area contributed by atoms with Crippen LogP contribution in [0.4, 0.5) is 0 Å². The van der Waals surface area contributed by atoms with Crippen molar-refractivity contribution in [3.63, 3.8) is 0 Å². The molecule has 0 radical (unpaired) electrons. The van der Waals surface area contributed by atoms with E-state index in [2.05, 4.69) is 33.0 Å². The molecule has 2 aliphatic rings. The lowest BCUT2D eigenvalue weighted by molar-refractivity contribution is 0.0580. The lowest BCUT2D eigenvalue weighted by Gasteiger charge is -2.40. The van der Waals surface area contributed by atoms with Crippen LogP contribution in [0, 0.1) is 23.7 Å². The Kier molecular flexibility index (Phi) is 5.70. The van der Waals surface area contributed by atoms with Crippen LogP contribution in [-0.2, 0) is 4.74 Å².